The van der Waals surface area contributed by atoms with Crippen LogP contribution in [0.25, 0.3) is 11.3 Å². The van der Waals surface area contributed by atoms with Crippen molar-refractivity contribution in [2.45, 2.75) is 11.4 Å². The Bertz CT molecular complexity index is 952. The maximum Gasteiger partial charge on any atom is 0.242 e. The number of aromatic nitrogens is 3. The Morgan fingerprint density at radius 1 is 1.17 bits per heavy atom. The number of halogens is 1. The summed E-state index contributed by atoms with van der Waals surface area (Å²) >= 11 is 5.94. The van der Waals surface area contributed by atoms with Crippen LogP contribution in [0.4, 0.5) is 0 Å². The van der Waals surface area contributed by atoms with E-state index < -0.39 is 10.0 Å². The second-order valence-corrected chi connectivity index (χ2v) is 7.35. The molecule has 0 bridgehead atoms. The number of sulfonamides is 1. The minimum atomic E-state index is -3.67. The number of pyridine rings is 1. The van der Waals surface area contributed by atoms with Crippen LogP contribution < -0.4 is 4.72 Å². The molecule has 2 aromatic heterocycles. The summed E-state index contributed by atoms with van der Waals surface area (Å²) in [6.45, 7) is 0.133. The summed E-state index contributed by atoms with van der Waals surface area (Å²) in [6, 6.07) is 9.97. The number of nitrogens with one attached hydrogen (secondary N) is 1. The van der Waals surface area contributed by atoms with Crippen molar-refractivity contribution < 1.29 is 8.42 Å². The van der Waals surface area contributed by atoms with Crippen LogP contribution in [0.5, 0.6) is 0 Å². The molecule has 3 rings (SSSR count). The molecule has 0 saturated heterocycles. The van der Waals surface area contributed by atoms with Gasteiger partial charge in [-0.25, -0.2) is 13.1 Å². The molecule has 0 aliphatic heterocycles. The van der Waals surface area contributed by atoms with E-state index in [0.29, 0.717) is 0 Å². The van der Waals surface area contributed by atoms with Gasteiger partial charge in [-0.05, 0) is 23.8 Å². The SMILES string of the molecule is Cn1cc(-c2ccc(CNS(=O)(=O)c3ccccc3Cl)cn2)cn1. The smallest absolute Gasteiger partial charge is 0.242 e. The van der Waals surface area contributed by atoms with Gasteiger partial charge in [-0.2, -0.15) is 5.10 Å². The van der Waals surface area contributed by atoms with Crippen LogP contribution in [0, 0.1) is 0 Å². The van der Waals surface area contributed by atoms with E-state index >= 15 is 0 Å². The van der Waals surface area contributed by atoms with Crippen molar-refractivity contribution in [1.82, 2.24) is 19.5 Å². The summed E-state index contributed by atoms with van der Waals surface area (Å²) in [7, 11) is -1.84. The highest BCUT2D eigenvalue weighted by atomic mass is 35.5. The van der Waals surface area contributed by atoms with Crippen molar-refractivity contribution in [3.63, 3.8) is 0 Å². The molecule has 0 atom stereocenters. The molecular formula is C16H15ClN4O2S. The van der Waals surface area contributed by atoms with E-state index in [1.165, 1.54) is 6.07 Å². The molecule has 1 N–H and O–H groups in total. The molecule has 0 radical (unpaired) electrons. The molecule has 0 unspecified atom stereocenters. The summed E-state index contributed by atoms with van der Waals surface area (Å²) in [5.41, 5.74) is 2.43. The number of nitrogens with zero attached hydrogens (tertiary/aromatic N) is 3. The Kier molecular flexibility index (Phi) is 4.66. The average Bonchev–Trinajstić information content (AvgIpc) is 3.00. The van der Waals surface area contributed by atoms with E-state index in [4.69, 9.17) is 11.6 Å². The first-order valence-electron chi connectivity index (χ1n) is 7.14. The van der Waals surface area contributed by atoms with Crippen LogP contribution in [0.2, 0.25) is 5.02 Å². The third-order valence-corrected chi connectivity index (χ3v) is 5.32. The highest BCUT2D eigenvalue weighted by molar-refractivity contribution is 7.89. The number of hydrogen-bond acceptors (Lipinski definition) is 4. The summed E-state index contributed by atoms with van der Waals surface area (Å²) in [4.78, 5) is 4.40. The van der Waals surface area contributed by atoms with Crippen LogP contribution in [0.3, 0.4) is 0 Å². The summed E-state index contributed by atoms with van der Waals surface area (Å²) < 4.78 is 28.8. The molecule has 0 fully saturated rings. The van der Waals surface area contributed by atoms with Gasteiger partial charge >= 0.3 is 0 Å². The van der Waals surface area contributed by atoms with E-state index in [-0.39, 0.29) is 16.5 Å². The lowest BCUT2D eigenvalue weighted by Gasteiger charge is -2.08. The predicted octanol–water partition coefficient (Wildman–Crippen LogP) is 2.61. The van der Waals surface area contributed by atoms with Crippen molar-refractivity contribution >= 4 is 21.6 Å². The van der Waals surface area contributed by atoms with Gasteiger partial charge in [0.15, 0.2) is 0 Å². The molecule has 0 aliphatic rings. The number of benzene rings is 1. The van der Waals surface area contributed by atoms with Gasteiger partial charge in [-0.1, -0.05) is 29.8 Å². The molecule has 8 heteroatoms. The minimum absolute atomic E-state index is 0.0617. The molecule has 0 aliphatic carbocycles. The number of rotatable bonds is 5. The Labute approximate surface area is 145 Å². The highest BCUT2D eigenvalue weighted by Crippen LogP contribution is 2.20. The van der Waals surface area contributed by atoms with Crippen molar-refractivity contribution in [2.24, 2.45) is 7.05 Å². The largest absolute Gasteiger partial charge is 0.275 e. The summed E-state index contributed by atoms with van der Waals surface area (Å²) in [5, 5.41) is 4.29. The zero-order valence-corrected chi connectivity index (χ0v) is 14.4. The first-order valence-corrected chi connectivity index (χ1v) is 9.00. The zero-order chi connectivity index (χ0) is 17.2. The topological polar surface area (TPSA) is 76.9 Å². The average molecular weight is 363 g/mol. The van der Waals surface area contributed by atoms with Gasteiger partial charge in [0.25, 0.3) is 0 Å². The summed E-state index contributed by atoms with van der Waals surface area (Å²) in [5.74, 6) is 0. The molecule has 1 aromatic carbocycles. The molecule has 0 amide bonds. The van der Waals surface area contributed by atoms with Crippen LogP contribution in [-0.2, 0) is 23.6 Å². The normalized spacial score (nSPS) is 11.6. The van der Waals surface area contributed by atoms with E-state index in [1.807, 2.05) is 25.4 Å². The van der Waals surface area contributed by atoms with Gasteiger partial charge < -0.3 is 0 Å². The van der Waals surface area contributed by atoms with Gasteiger partial charge in [0.1, 0.15) is 4.90 Å². The fraction of sp³-hybridized carbons (Fsp3) is 0.125. The van der Waals surface area contributed by atoms with Gasteiger partial charge in [0.05, 0.1) is 16.9 Å². The predicted molar refractivity (Wildman–Crippen MR) is 91.9 cm³/mol. The zero-order valence-electron chi connectivity index (χ0n) is 12.8. The van der Waals surface area contributed by atoms with E-state index in [9.17, 15) is 8.42 Å². The van der Waals surface area contributed by atoms with Gasteiger partial charge in [-0.3, -0.25) is 9.67 Å². The molecule has 2 heterocycles. The van der Waals surface area contributed by atoms with Gasteiger partial charge in [0, 0.05) is 31.5 Å². The highest BCUT2D eigenvalue weighted by Gasteiger charge is 2.16. The quantitative estimate of drug-likeness (QED) is 0.756. The molecule has 24 heavy (non-hydrogen) atoms. The van der Waals surface area contributed by atoms with E-state index in [0.717, 1.165) is 16.8 Å². The summed E-state index contributed by atoms with van der Waals surface area (Å²) in [6.07, 6.45) is 5.22. The number of hydrogen-bond donors (Lipinski definition) is 1. The first kappa shape index (κ1) is 16.6. The van der Waals surface area contributed by atoms with Crippen LogP contribution in [-0.4, -0.2) is 23.2 Å². The minimum Gasteiger partial charge on any atom is -0.275 e. The van der Waals surface area contributed by atoms with Crippen molar-refractivity contribution in [3.8, 4) is 11.3 Å². The van der Waals surface area contributed by atoms with Crippen LogP contribution >= 0.6 is 11.6 Å². The second-order valence-electron chi connectivity index (χ2n) is 5.21. The molecule has 0 saturated carbocycles. The van der Waals surface area contributed by atoms with Crippen LogP contribution in [0.15, 0.2) is 59.9 Å². The van der Waals surface area contributed by atoms with E-state index in [1.54, 1.807) is 35.3 Å². The third kappa shape index (κ3) is 3.64. The fourth-order valence-corrected chi connectivity index (χ4v) is 3.71. The van der Waals surface area contributed by atoms with Crippen LogP contribution in [0.1, 0.15) is 5.56 Å². The third-order valence-electron chi connectivity index (χ3n) is 3.42. The molecule has 0 spiro atoms. The number of aryl methyl sites for hydroxylation is 1. The van der Waals surface area contributed by atoms with E-state index in [2.05, 4.69) is 14.8 Å². The monoisotopic (exact) mass is 362 g/mol. The first-order chi connectivity index (χ1) is 11.5. The molecule has 6 nitrogen and oxygen atoms in total. The molecule has 3 aromatic rings. The van der Waals surface area contributed by atoms with Crippen molar-refractivity contribution in [1.29, 1.82) is 0 Å². The molecular weight excluding hydrogens is 348 g/mol. The Morgan fingerprint density at radius 3 is 2.58 bits per heavy atom. The standard InChI is InChI=1S/C16H15ClN4O2S/c1-21-11-13(10-19-21)15-7-6-12(8-18-15)9-20-24(22,23)16-5-3-2-4-14(16)17/h2-8,10-11,20H,9H2,1H3. The lowest BCUT2D eigenvalue weighted by molar-refractivity contribution is 0.581. The van der Waals surface area contributed by atoms with Gasteiger partial charge in [-0.15, -0.1) is 0 Å². The second kappa shape index (κ2) is 6.72. The lowest BCUT2D eigenvalue weighted by atomic mass is 10.2. The lowest BCUT2D eigenvalue weighted by Crippen LogP contribution is -2.23. The Balaban J connectivity index is 1.72. The van der Waals surface area contributed by atoms with Crippen molar-refractivity contribution in [2.75, 3.05) is 0 Å². The van der Waals surface area contributed by atoms with Gasteiger partial charge in [0.2, 0.25) is 10.0 Å². The fourth-order valence-electron chi connectivity index (χ4n) is 2.17. The Hall–Kier alpha value is -2.22. The maximum absolute atomic E-state index is 12.3. The Morgan fingerprint density at radius 2 is 1.96 bits per heavy atom. The van der Waals surface area contributed by atoms with Crippen molar-refractivity contribution in [3.05, 3.63) is 65.6 Å². The maximum atomic E-state index is 12.3. The molecule has 124 valence electrons.